The van der Waals surface area contributed by atoms with Crippen molar-refractivity contribution in [2.75, 3.05) is 7.11 Å². The van der Waals surface area contributed by atoms with E-state index in [1.54, 1.807) is 6.08 Å². The van der Waals surface area contributed by atoms with Crippen LogP contribution in [0.15, 0.2) is 11.6 Å². The molecular weight excluding hydrogens is 164 g/mol. The summed E-state index contributed by atoms with van der Waals surface area (Å²) >= 11 is 5.32. The van der Waals surface area contributed by atoms with Crippen LogP contribution in [0.5, 0.6) is 0 Å². The van der Waals surface area contributed by atoms with E-state index in [9.17, 15) is 4.79 Å². The maximum Gasteiger partial charge on any atom is 0.311 e. The second-order valence-corrected chi connectivity index (χ2v) is 3.19. The van der Waals surface area contributed by atoms with Gasteiger partial charge in [0.15, 0.2) is 0 Å². The molecule has 3 heteroatoms. The predicted molar refractivity (Wildman–Crippen MR) is 45.4 cm³/mol. The fourth-order valence-corrected chi connectivity index (χ4v) is 0.788. The lowest BCUT2D eigenvalue weighted by Crippen LogP contribution is -2.24. The van der Waals surface area contributed by atoms with E-state index in [1.807, 2.05) is 13.8 Å². The normalized spacial score (nSPS) is 12.0. The molecule has 2 nitrogen and oxygen atoms in total. The quantitative estimate of drug-likeness (QED) is 0.617. The number of halogens is 1. The Kier molecular flexibility index (Phi) is 4.19. The smallest absolute Gasteiger partial charge is 0.311 e. The number of carbonyl (C=O) groups is 1. The van der Waals surface area contributed by atoms with Crippen molar-refractivity contribution >= 4 is 17.6 Å². The number of esters is 1. The van der Waals surface area contributed by atoms with Crippen LogP contribution >= 0.6 is 11.6 Å². The molecule has 0 fully saturated rings. The largest absolute Gasteiger partial charge is 0.469 e. The monoisotopic (exact) mass is 176 g/mol. The highest BCUT2D eigenvalue weighted by atomic mass is 35.5. The molecule has 0 saturated heterocycles. The van der Waals surface area contributed by atoms with E-state index in [0.717, 1.165) is 0 Å². The van der Waals surface area contributed by atoms with E-state index in [4.69, 9.17) is 11.6 Å². The Morgan fingerprint density at radius 1 is 1.64 bits per heavy atom. The van der Waals surface area contributed by atoms with Gasteiger partial charge in [-0.05, 0) is 20.3 Å². The summed E-state index contributed by atoms with van der Waals surface area (Å²) in [7, 11) is 1.38. The standard InChI is InChI=1S/C8H13ClO2/c1-8(2,5-4-6-9)7(10)11-3/h4,6H,5H2,1-3H3/b6-4+. The Labute approximate surface area is 72.2 Å². The molecular formula is C8H13ClO2. The van der Waals surface area contributed by atoms with Gasteiger partial charge in [0.05, 0.1) is 12.5 Å². The van der Waals surface area contributed by atoms with Crippen LogP contribution in [0.2, 0.25) is 0 Å². The molecule has 11 heavy (non-hydrogen) atoms. The van der Waals surface area contributed by atoms with Crippen LogP contribution in [0.1, 0.15) is 20.3 Å². The molecule has 0 heterocycles. The fourth-order valence-electron chi connectivity index (χ4n) is 0.699. The number of carbonyl (C=O) groups excluding carboxylic acids is 1. The van der Waals surface area contributed by atoms with Gasteiger partial charge >= 0.3 is 5.97 Å². The van der Waals surface area contributed by atoms with Gasteiger partial charge < -0.3 is 4.74 Å². The van der Waals surface area contributed by atoms with Crippen molar-refractivity contribution in [1.82, 2.24) is 0 Å². The van der Waals surface area contributed by atoms with Crippen molar-refractivity contribution in [2.24, 2.45) is 5.41 Å². The summed E-state index contributed by atoms with van der Waals surface area (Å²) in [5.74, 6) is -0.215. The van der Waals surface area contributed by atoms with E-state index in [2.05, 4.69) is 4.74 Å². The summed E-state index contributed by atoms with van der Waals surface area (Å²) in [6, 6.07) is 0. The molecule has 0 rings (SSSR count). The molecule has 64 valence electrons. The number of ether oxygens (including phenoxy) is 1. The molecule has 0 bridgehead atoms. The minimum atomic E-state index is -0.472. The first kappa shape index (κ1) is 10.5. The average Bonchev–Trinajstić information content (AvgIpc) is 1.99. The molecule has 0 aliphatic rings. The Morgan fingerprint density at radius 2 is 2.18 bits per heavy atom. The number of hydrogen-bond acceptors (Lipinski definition) is 2. The second-order valence-electron chi connectivity index (χ2n) is 2.94. The third kappa shape index (κ3) is 3.42. The third-order valence-corrected chi connectivity index (χ3v) is 1.63. The lowest BCUT2D eigenvalue weighted by atomic mass is 9.90. The Bertz CT molecular complexity index is 161. The Hall–Kier alpha value is -0.500. The van der Waals surface area contributed by atoms with Crippen LogP contribution in [0.4, 0.5) is 0 Å². The van der Waals surface area contributed by atoms with Crippen molar-refractivity contribution in [2.45, 2.75) is 20.3 Å². The second kappa shape index (κ2) is 4.39. The van der Waals surface area contributed by atoms with Gasteiger partial charge in [-0.25, -0.2) is 0 Å². The van der Waals surface area contributed by atoms with Crippen molar-refractivity contribution in [3.05, 3.63) is 11.6 Å². The van der Waals surface area contributed by atoms with E-state index in [0.29, 0.717) is 6.42 Å². The van der Waals surface area contributed by atoms with E-state index in [-0.39, 0.29) is 5.97 Å². The van der Waals surface area contributed by atoms with Gasteiger partial charge in [0, 0.05) is 5.54 Å². The molecule has 0 N–H and O–H groups in total. The number of allylic oxidation sites excluding steroid dienone is 1. The van der Waals surface area contributed by atoms with Gasteiger partial charge in [-0.1, -0.05) is 17.7 Å². The summed E-state index contributed by atoms with van der Waals surface area (Å²) in [5, 5.41) is 0. The Balaban J connectivity index is 4.09. The highest BCUT2D eigenvalue weighted by molar-refractivity contribution is 6.25. The van der Waals surface area contributed by atoms with Crippen LogP contribution in [0.3, 0.4) is 0 Å². The van der Waals surface area contributed by atoms with Gasteiger partial charge in [0.2, 0.25) is 0 Å². The van der Waals surface area contributed by atoms with Crippen LogP contribution in [-0.4, -0.2) is 13.1 Å². The minimum Gasteiger partial charge on any atom is -0.469 e. The summed E-state index contributed by atoms with van der Waals surface area (Å²) in [6.45, 7) is 3.63. The maximum atomic E-state index is 11.0. The molecule has 0 saturated carbocycles. The first-order valence-corrected chi connectivity index (χ1v) is 3.82. The van der Waals surface area contributed by atoms with Crippen molar-refractivity contribution in [3.8, 4) is 0 Å². The zero-order chi connectivity index (χ0) is 8.91. The highest BCUT2D eigenvalue weighted by Gasteiger charge is 2.26. The molecule has 0 spiro atoms. The minimum absolute atomic E-state index is 0.215. The molecule has 0 atom stereocenters. The molecule has 0 aromatic heterocycles. The molecule has 0 aliphatic heterocycles. The number of rotatable bonds is 3. The van der Waals surface area contributed by atoms with E-state index < -0.39 is 5.41 Å². The van der Waals surface area contributed by atoms with Crippen LogP contribution in [0, 0.1) is 5.41 Å². The Morgan fingerprint density at radius 3 is 2.55 bits per heavy atom. The molecule has 0 radical (unpaired) electrons. The van der Waals surface area contributed by atoms with Crippen LogP contribution in [0.25, 0.3) is 0 Å². The molecule has 0 aromatic carbocycles. The molecule has 0 amide bonds. The topological polar surface area (TPSA) is 26.3 Å². The maximum absolute atomic E-state index is 11.0. The number of methoxy groups -OCH3 is 1. The zero-order valence-corrected chi connectivity index (χ0v) is 7.81. The fraction of sp³-hybridized carbons (Fsp3) is 0.625. The van der Waals surface area contributed by atoms with Crippen LogP contribution < -0.4 is 0 Å². The van der Waals surface area contributed by atoms with Gasteiger partial charge in [0.1, 0.15) is 0 Å². The average molecular weight is 177 g/mol. The van der Waals surface area contributed by atoms with Crippen molar-refractivity contribution < 1.29 is 9.53 Å². The molecule has 0 unspecified atom stereocenters. The molecule has 0 aliphatic carbocycles. The summed E-state index contributed by atoms with van der Waals surface area (Å²) in [5.41, 5.74) is 0.935. The van der Waals surface area contributed by atoms with E-state index in [1.165, 1.54) is 12.6 Å². The highest BCUT2D eigenvalue weighted by Crippen LogP contribution is 2.22. The van der Waals surface area contributed by atoms with E-state index >= 15 is 0 Å². The zero-order valence-electron chi connectivity index (χ0n) is 7.06. The SMILES string of the molecule is COC(=O)C(C)(C)C/C=C/Cl. The third-order valence-electron chi connectivity index (χ3n) is 1.46. The molecule has 0 aromatic rings. The van der Waals surface area contributed by atoms with Gasteiger partial charge in [0.25, 0.3) is 0 Å². The lowest BCUT2D eigenvalue weighted by molar-refractivity contribution is -0.150. The first-order valence-electron chi connectivity index (χ1n) is 3.38. The van der Waals surface area contributed by atoms with Crippen LogP contribution in [-0.2, 0) is 9.53 Å². The predicted octanol–water partition coefficient (Wildman–Crippen LogP) is 2.33. The summed E-state index contributed by atoms with van der Waals surface area (Å²) in [6.07, 6.45) is 2.33. The van der Waals surface area contributed by atoms with Gasteiger partial charge in [-0.2, -0.15) is 0 Å². The van der Waals surface area contributed by atoms with Crippen molar-refractivity contribution in [3.63, 3.8) is 0 Å². The first-order chi connectivity index (χ1) is 5.04. The lowest BCUT2D eigenvalue weighted by Gasteiger charge is -2.18. The summed E-state index contributed by atoms with van der Waals surface area (Å²) < 4.78 is 4.60. The van der Waals surface area contributed by atoms with Crippen molar-refractivity contribution in [1.29, 1.82) is 0 Å². The summed E-state index contributed by atoms with van der Waals surface area (Å²) in [4.78, 5) is 11.0. The number of hydrogen-bond donors (Lipinski definition) is 0. The van der Waals surface area contributed by atoms with Gasteiger partial charge in [-0.15, -0.1) is 0 Å². The van der Waals surface area contributed by atoms with Gasteiger partial charge in [-0.3, -0.25) is 4.79 Å².